The lowest BCUT2D eigenvalue weighted by Crippen LogP contribution is -2.15. The van der Waals surface area contributed by atoms with Gasteiger partial charge < -0.3 is 19.3 Å². The molecule has 3 aromatic rings. The van der Waals surface area contributed by atoms with Gasteiger partial charge in [-0.1, -0.05) is 35.9 Å². The molecule has 0 aliphatic rings. The maximum Gasteiger partial charge on any atom is 0.357 e. The van der Waals surface area contributed by atoms with Gasteiger partial charge in [0.1, 0.15) is 0 Å². The smallest absolute Gasteiger partial charge is 0.357 e. The van der Waals surface area contributed by atoms with Crippen LogP contribution < -0.4 is 5.32 Å². The summed E-state index contributed by atoms with van der Waals surface area (Å²) >= 11 is 0. The Morgan fingerprint density at radius 3 is 2.35 bits per heavy atom. The molecular formula is C20H25N2O3P. The molecule has 0 spiro atoms. The van der Waals surface area contributed by atoms with Gasteiger partial charge in [0.25, 0.3) is 0 Å². The molecular weight excluding hydrogens is 347 g/mol. The zero-order chi connectivity index (χ0) is 18.6. The van der Waals surface area contributed by atoms with Crippen LogP contribution in [0.5, 0.6) is 0 Å². The molecule has 3 rings (SSSR count). The lowest BCUT2D eigenvalue weighted by Gasteiger charge is -2.28. The van der Waals surface area contributed by atoms with Crippen LogP contribution in [0.1, 0.15) is 30.8 Å². The minimum Gasteiger partial charge on any atom is -0.368 e. The van der Waals surface area contributed by atoms with Gasteiger partial charge in [-0.15, -0.1) is 0 Å². The molecule has 6 heteroatoms. The molecule has 2 aromatic carbocycles. The van der Waals surface area contributed by atoms with Crippen LogP contribution in [0, 0.1) is 6.92 Å². The summed E-state index contributed by atoms with van der Waals surface area (Å²) in [6.07, 6.45) is 1.88. The van der Waals surface area contributed by atoms with Gasteiger partial charge in [0.2, 0.25) is 0 Å². The van der Waals surface area contributed by atoms with E-state index in [9.17, 15) is 4.57 Å². The van der Waals surface area contributed by atoms with Crippen LogP contribution in [0.15, 0.2) is 54.7 Å². The number of hydrogen-bond acceptors (Lipinski definition) is 4. The molecule has 1 atom stereocenters. The lowest BCUT2D eigenvalue weighted by molar-refractivity contribution is 0.214. The number of H-pyrrole nitrogens is 1. The number of para-hydroxylation sites is 1. The Hall–Kier alpha value is -2.07. The molecule has 2 N–H and O–H groups in total. The van der Waals surface area contributed by atoms with E-state index in [0.29, 0.717) is 13.2 Å². The number of aromatic amines is 1. The molecule has 0 bridgehead atoms. The van der Waals surface area contributed by atoms with Gasteiger partial charge in [-0.2, -0.15) is 0 Å². The highest BCUT2D eigenvalue weighted by atomic mass is 31.2. The summed E-state index contributed by atoms with van der Waals surface area (Å²) in [5, 5.41) is 4.37. The fraction of sp³-hybridized carbons (Fsp3) is 0.300. The minimum atomic E-state index is -3.43. The summed E-state index contributed by atoms with van der Waals surface area (Å²) < 4.78 is 24.9. The molecule has 0 amide bonds. The van der Waals surface area contributed by atoms with Crippen LogP contribution in [0.3, 0.4) is 0 Å². The molecule has 0 aliphatic heterocycles. The number of nitrogens with one attached hydrogen (secondary N) is 2. The maximum absolute atomic E-state index is 13.6. The minimum absolute atomic E-state index is 0.311. The first-order chi connectivity index (χ1) is 12.6. The molecule has 1 heterocycles. The van der Waals surface area contributed by atoms with Crippen LogP contribution in [-0.4, -0.2) is 18.2 Å². The highest BCUT2D eigenvalue weighted by molar-refractivity contribution is 7.54. The fourth-order valence-electron chi connectivity index (χ4n) is 3.00. The van der Waals surface area contributed by atoms with Crippen LogP contribution in [0.2, 0.25) is 0 Å². The van der Waals surface area contributed by atoms with Gasteiger partial charge in [0.15, 0.2) is 5.78 Å². The van der Waals surface area contributed by atoms with Crippen LogP contribution in [0.25, 0.3) is 10.9 Å². The fourth-order valence-corrected chi connectivity index (χ4v) is 4.96. The maximum atomic E-state index is 13.6. The van der Waals surface area contributed by atoms with Crippen LogP contribution in [-0.2, 0) is 13.6 Å². The number of anilines is 1. The Labute approximate surface area is 154 Å². The SMILES string of the molecule is CCOP(=O)(OCC)C(Nc1ccc(C)cc1)c1c[nH]c2ccccc12. The molecule has 0 saturated carbocycles. The van der Waals surface area contributed by atoms with Crippen molar-refractivity contribution in [2.45, 2.75) is 26.6 Å². The zero-order valence-electron chi connectivity index (χ0n) is 15.4. The average Bonchev–Trinajstić information content (AvgIpc) is 3.05. The van der Waals surface area contributed by atoms with Gasteiger partial charge in [-0.05, 0) is 39.0 Å². The monoisotopic (exact) mass is 372 g/mol. The molecule has 0 fully saturated rings. The first-order valence-electron chi connectivity index (χ1n) is 8.85. The van der Waals surface area contributed by atoms with Crippen molar-refractivity contribution in [3.05, 3.63) is 65.9 Å². The largest absolute Gasteiger partial charge is 0.368 e. The van der Waals surface area contributed by atoms with E-state index in [1.807, 2.05) is 75.5 Å². The summed E-state index contributed by atoms with van der Waals surface area (Å²) in [6, 6.07) is 15.9. The molecule has 138 valence electrons. The Balaban J connectivity index is 2.08. The van der Waals surface area contributed by atoms with E-state index in [1.54, 1.807) is 0 Å². The highest BCUT2D eigenvalue weighted by Gasteiger charge is 2.38. The van der Waals surface area contributed by atoms with Gasteiger partial charge in [0, 0.05) is 28.4 Å². The van der Waals surface area contributed by atoms with E-state index in [4.69, 9.17) is 9.05 Å². The Morgan fingerprint density at radius 1 is 1.04 bits per heavy atom. The molecule has 1 unspecified atom stereocenters. The lowest BCUT2D eigenvalue weighted by atomic mass is 10.1. The van der Waals surface area contributed by atoms with E-state index in [-0.39, 0.29) is 0 Å². The second-order valence-electron chi connectivity index (χ2n) is 6.08. The summed E-state index contributed by atoms with van der Waals surface area (Å²) in [4.78, 5) is 3.25. The standard InChI is InChI=1S/C20H25N2O3P/c1-4-24-26(23,25-5-2)20(22-16-12-10-15(3)11-13-16)18-14-21-19-9-7-6-8-17(18)19/h6-14,20-22H,4-5H2,1-3H3. The van der Waals surface area contributed by atoms with Gasteiger partial charge in [0.05, 0.1) is 13.2 Å². The van der Waals surface area contributed by atoms with Crippen LogP contribution in [0.4, 0.5) is 5.69 Å². The molecule has 26 heavy (non-hydrogen) atoms. The van der Waals surface area contributed by atoms with E-state index in [2.05, 4.69) is 10.3 Å². The topological polar surface area (TPSA) is 63.4 Å². The number of fused-ring (bicyclic) bond motifs is 1. The zero-order valence-corrected chi connectivity index (χ0v) is 16.3. The summed E-state index contributed by atoms with van der Waals surface area (Å²) in [7, 11) is -3.43. The van der Waals surface area contributed by atoms with Crippen molar-refractivity contribution in [3.63, 3.8) is 0 Å². The predicted molar refractivity (Wildman–Crippen MR) is 107 cm³/mol. The summed E-state index contributed by atoms with van der Waals surface area (Å²) in [6.45, 7) is 6.30. The van der Waals surface area contributed by atoms with Crippen molar-refractivity contribution >= 4 is 24.2 Å². The quantitative estimate of drug-likeness (QED) is 0.487. The second kappa shape index (κ2) is 8.09. The van der Waals surface area contributed by atoms with Crippen LogP contribution >= 0.6 is 7.60 Å². The molecule has 5 nitrogen and oxygen atoms in total. The Kier molecular flexibility index (Phi) is 5.82. The number of benzene rings is 2. The van der Waals surface area contributed by atoms with Crippen molar-refractivity contribution < 1.29 is 13.6 Å². The number of rotatable bonds is 8. The van der Waals surface area contributed by atoms with Gasteiger partial charge >= 0.3 is 7.60 Å². The molecule has 1 aromatic heterocycles. The average molecular weight is 372 g/mol. The molecule has 0 saturated heterocycles. The highest BCUT2D eigenvalue weighted by Crippen LogP contribution is 2.61. The Morgan fingerprint density at radius 2 is 1.69 bits per heavy atom. The third-order valence-corrected chi connectivity index (χ3v) is 6.48. The third-order valence-electron chi connectivity index (χ3n) is 4.21. The van der Waals surface area contributed by atoms with Gasteiger partial charge in [-0.3, -0.25) is 4.57 Å². The van der Waals surface area contributed by atoms with E-state index in [0.717, 1.165) is 27.7 Å². The second-order valence-corrected chi connectivity index (χ2v) is 8.19. The van der Waals surface area contributed by atoms with Crippen molar-refractivity contribution in [2.24, 2.45) is 0 Å². The van der Waals surface area contributed by atoms with Crippen molar-refractivity contribution in [2.75, 3.05) is 18.5 Å². The first kappa shape index (κ1) is 18.7. The third kappa shape index (κ3) is 3.85. The van der Waals surface area contributed by atoms with E-state index in [1.165, 1.54) is 0 Å². The molecule has 0 radical (unpaired) electrons. The van der Waals surface area contributed by atoms with Crippen molar-refractivity contribution in [1.82, 2.24) is 4.98 Å². The number of hydrogen-bond donors (Lipinski definition) is 2. The van der Waals surface area contributed by atoms with E-state index < -0.39 is 13.4 Å². The van der Waals surface area contributed by atoms with E-state index >= 15 is 0 Å². The number of aromatic nitrogens is 1. The Bertz CT molecular complexity index is 895. The molecule has 0 aliphatic carbocycles. The normalized spacial score (nSPS) is 13.0. The first-order valence-corrected chi connectivity index (χ1v) is 10.5. The predicted octanol–water partition coefficient (Wildman–Crippen LogP) is 5.85. The number of aryl methyl sites for hydroxylation is 1. The van der Waals surface area contributed by atoms with Crippen molar-refractivity contribution in [1.29, 1.82) is 0 Å². The summed E-state index contributed by atoms with van der Waals surface area (Å²) in [5.41, 5.74) is 3.88. The van der Waals surface area contributed by atoms with Crippen molar-refractivity contribution in [3.8, 4) is 0 Å². The van der Waals surface area contributed by atoms with Gasteiger partial charge in [-0.25, -0.2) is 0 Å². The summed E-state index contributed by atoms with van der Waals surface area (Å²) in [5.74, 6) is -0.610.